The van der Waals surface area contributed by atoms with Gasteiger partial charge in [0.15, 0.2) is 17.4 Å². The molecule has 2 aromatic carbocycles. The summed E-state index contributed by atoms with van der Waals surface area (Å²) in [7, 11) is 0. The van der Waals surface area contributed by atoms with E-state index >= 15 is 0 Å². The Morgan fingerprint density at radius 3 is 2.62 bits per heavy atom. The molecule has 0 unspecified atom stereocenters. The minimum Gasteiger partial charge on any atom is -0.433 e. The van der Waals surface area contributed by atoms with E-state index in [1.54, 1.807) is 0 Å². The fourth-order valence-corrected chi connectivity index (χ4v) is 2.39. The molecule has 5 nitrogen and oxygen atoms in total. The SMILES string of the molecule is NC(=O)c1ccc(F)c(F)c1-c1n[nH]c2c(OC(F)F)cccc12. The van der Waals surface area contributed by atoms with Crippen molar-refractivity contribution in [2.45, 2.75) is 6.61 Å². The molecule has 1 heterocycles. The van der Waals surface area contributed by atoms with Crippen LogP contribution in [0.1, 0.15) is 10.4 Å². The number of carbonyl (C=O) groups is 1. The molecule has 0 aliphatic carbocycles. The van der Waals surface area contributed by atoms with Crippen molar-refractivity contribution in [2.24, 2.45) is 5.73 Å². The standard InChI is InChI=1S/C15H9F4N3O2/c16-8-5-4-6(14(20)23)10(11(8)17)13-7-2-1-3-9(24-15(18)19)12(7)21-22-13/h1-5,15H,(H2,20,23)(H,21,22). The number of benzene rings is 2. The van der Waals surface area contributed by atoms with Crippen LogP contribution in [0.3, 0.4) is 0 Å². The van der Waals surface area contributed by atoms with Gasteiger partial charge in [-0.2, -0.15) is 13.9 Å². The monoisotopic (exact) mass is 339 g/mol. The molecule has 9 heteroatoms. The summed E-state index contributed by atoms with van der Waals surface area (Å²) in [4.78, 5) is 11.5. The maximum Gasteiger partial charge on any atom is 0.387 e. The van der Waals surface area contributed by atoms with Crippen molar-refractivity contribution in [1.82, 2.24) is 10.2 Å². The minimum atomic E-state index is -3.07. The molecule has 24 heavy (non-hydrogen) atoms. The number of primary amides is 1. The number of hydrogen-bond acceptors (Lipinski definition) is 3. The Kier molecular flexibility index (Phi) is 3.84. The molecule has 0 bridgehead atoms. The first kappa shape index (κ1) is 15.8. The number of nitrogens with zero attached hydrogens (tertiary/aromatic N) is 1. The molecule has 1 aromatic heterocycles. The van der Waals surface area contributed by atoms with Gasteiger partial charge in [0.1, 0.15) is 11.2 Å². The van der Waals surface area contributed by atoms with Crippen LogP contribution in [-0.4, -0.2) is 22.7 Å². The first-order valence-electron chi connectivity index (χ1n) is 6.60. The third kappa shape index (κ3) is 2.53. The van der Waals surface area contributed by atoms with Gasteiger partial charge in [-0.05, 0) is 18.2 Å². The number of ether oxygens (including phenoxy) is 1. The number of rotatable bonds is 4. The summed E-state index contributed by atoms with van der Waals surface area (Å²) < 4.78 is 57.0. The van der Waals surface area contributed by atoms with Crippen LogP contribution in [0.4, 0.5) is 17.6 Å². The van der Waals surface area contributed by atoms with E-state index < -0.39 is 29.7 Å². The molecule has 3 aromatic rings. The zero-order valence-electron chi connectivity index (χ0n) is 11.8. The van der Waals surface area contributed by atoms with E-state index in [1.807, 2.05) is 0 Å². The van der Waals surface area contributed by atoms with Crippen molar-refractivity contribution in [3.8, 4) is 17.0 Å². The topological polar surface area (TPSA) is 81.0 Å². The van der Waals surface area contributed by atoms with E-state index in [4.69, 9.17) is 5.73 Å². The predicted octanol–water partition coefficient (Wildman–Crippen LogP) is 3.21. The molecule has 0 atom stereocenters. The van der Waals surface area contributed by atoms with Gasteiger partial charge in [0.25, 0.3) is 0 Å². The molecule has 0 spiro atoms. The number of H-pyrrole nitrogens is 1. The number of halogens is 4. The molecule has 3 rings (SSSR count). The third-order valence-corrected chi connectivity index (χ3v) is 3.37. The maximum absolute atomic E-state index is 14.2. The largest absolute Gasteiger partial charge is 0.433 e. The Morgan fingerprint density at radius 1 is 1.21 bits per heavy atom. The summed E-state index contributed by atoms with van der Waals surface area (Å²) in [6, 6.07) is 5.85. The maximum atomic E-state index is 14.2. The fraction of sp³-hybridized carbons (Fsp3) is 0.0667. The van der Waals surface area contributed by atoms with E-state index in [-0.39, 0.29) is 27.9 Å². The predicted molar refractivity (Wildman–Crippen MR) is 76.6 cm³/mol. The molecule has 124 valence electrons. The van der Waals surface area contributed by atoms with Crippen LogP contribution in [0, 0.1) is 11.6 Å². The summed E-state index contributed by atoms with van der Waals surface area (Å²) >= 11 is 0. The van der Waals surface area contributed by atoms with E-state index in [0.29, 0.717) is 0 Å². The van der Waals surface area contributed by atoms with Gasteiger partial charge < -0.3 is 10.5 Å². The van der Waals surface area contributed by atoms with E-state index in [0.717, 1.165) is 12.1 Å². The number of aromatic nitrogens is 2. The van der Waals surface area contributed by atoms with Crippen LogP contribution in [0.5, 0.6) is 5.75 Å². The average molecular weight is 339 g/mol. The fourth-order valence-electron chi connectivity index (χ4n) is 2.39. The van der Waals surface area contributed by atoms with Gasteiger partial charge in [0.05, 0.1) is 11.1 Å². The highest BCUT2D eigenvalue weighted by Gasteiger charge is 2.23. The van der Waals surface area contributed by atoms with Crippen molar-refractivity contribution in [1.29, 1.82) is 0 Å². The van der Waals surface area contributed by atoms with Gasteiger partial charge in [-0.15, -0.1) is 0 Å². The Bertz CT molecular complexity index is 940. The lowest BCUT2D eigenvalue weighted by molar-refractivity contribution is -0.0489. The highest BCUT2D eigenvalue weighted by molar-refractivity contribution is 6.04. The molecule has 0 saturated carbocycles. The summed E-state index contributed by atoms with van der Waals surface area (Å²) in [5, 5.41) is 6.40. The van der Waals surface area contributed by atoms with E-state index in [2.05, 4.69) is 14.9 Å². The second kappa shape index (κ2) is 5.84. The van der Waals surface area contributed by atoms with Gasteiger partial charge in [-0.25, -0.2) is 8.78 Å². The first-order chi connectivity index (χ1) is 11.4. The number of nitrogens with two attached hydrogens (primary N) is 1. The van der Waals surface area contributed by atoms with Gasteiger partial charge in [-0.1, -0.05) is 12.1 Å². The second-order valence-electron chi connectivity index (χ2n) is 4.78. The van der Waals surface area contributed by atoms with Crippen LogP contribution < -0.4 is 10.5 Å². The highest BCUT2D eigenvalue weighted by Crippen LogP contribution is 2.35. The van der Waals surface area contributed by atoms with Crippen LogP contribution >= 0.6 is 0 Å². The quantitative estimate of drug-likeness (QED) is 0.716. The Balaban J connectivity index is 2.29. The molecule has 0 aliphatic rings. The average Bonchev–Trinajstić information content (AvgIpc) is 2.94. The molecular weight excluding hydrogens is 330 g/mol. The number of para-hydroxylation sites is 1. The molecule has 0 aliphatic heterocycles. The summed E-state index contributed by atoms with van der Waals surface area (Å²) in [5.41, 5.74) is 4.35. The molecule has 1 amide bonds. The smallest absolute Gasteiger partial charge is 0.387 e. The van der Waals surface area contributed by atoms with Crippen LogP contribution in [0.25, 0.3) is 22.2 Å². The van der Waals surface area contributed by atoms with E-state index in [9.17, 15) is 22.4 Å². The lowest BCUT2D eigenvalue weighted by atomic mass is 10.00. The van der Waals surface area contributed by atoms with Crippen LogP contribution in [-0.2, 0) is 0 Å². The number of nitrogens with one attached hydrogen (secondary N) is 1. The third-order valence-electron chi connectivity index (χ3n) is 3.37. The number of fused-ring (bicyclic) bond motifs is 1. The van der Waals surface area contributed by atoms with Crippen molar-refractivity contribution < 1.29 is 27.1 Å². The number of hydrogen-bond donors (Lipinski definition) is 2. The van der Waals surface area contributed by atoms with Crippen LogP contribution in [0.15, 0.2) is 30.3 Å². The molecule has 0 radical (unpaired) electrons. The number of amides is 1. The summed E-state index contributed by atoms with van der Waals surface area (Å²) in [6.07, 6.45) is 0. The van der Waals surface area contributed by atoms with Gasteiger partial charge in [0.2, 0.25) is 5.91 Å². The Morgan fingerprint density at radius 2 is 1.96 bits per heavy atom. The molecule has 3 N–H and O–H groups in total. The van der Waals surface area contributed by atoms with Gasteiger partial charge in [-0.3, -0.25) is 9.89 Å². The Labute approximate surface area is 132 Å². The second-order valence-corrected chi connectivity index (χ2v) is 4.78. The van der Waals surface area contributed by atoms with Gasteiger partial charge in [0, 0.05) is 5.39 Å². The molecule has 0 fully saturated rings. The van der Waals surface area contributed by atoms with Crippen molar-refractivity contribution >= 4 is 16.8 Å². The summed E-state index contributed by atoms with van der Waals surface area (Å²) in [6.45, 7) is -3.07. The van der Waals surface area contributed by atoms with Gasteiger partial charge >= 0.3 is 6.61 Å². The highest BCUT2D eigenvalue weighted by atomic mass is 19.3. The summed E-state index contributed by atoms with van der Waals surface area (Å²) in [5.74, 6) is -3.73. The number of alkyl halides is 2. The van der Waals surface area contributed by atoms with Crippen molar-refractivity contribution in [3.63, 3.8) is 0 Å². The van der Waals surface area contributed by atoms with Crippen molar-refractivity contribution in [3.05, 3.63) is 47.5 Å². The Hall–Kier alpha value is -3.10. The zero-order valence-corrected chi connectivity index (χ0v) is 11.8. The number of carbonyl (C=O) groups excluding carboxylic acids is 1. The first-order valence-corrected chi connectivity index (χ1v) is 6.60. The van der Waals surface area contributed by atoms with E-state index in [1.165, 1.54) is 18.2 Å². The minimum absolute atomic E-state index is 0.0480. The molecule has 0 saturated heterocycles. The van der Waals surface area contributed by atoms with Crippen molar-refractivity contribution in [2.75, 3.05) is 0 Å². The lowest BCUT2D eigenvalue weighted by Gasteiger charge is -2.08. The lowest BCUT2D eigenvalue weighted by Crippen LogP contribution is -2.14. The number of aromatic amines is 1. The normalized spacial score (nSPS) is 11.2. The molecular formula is C15H9F4N3O2. The van der Waals surface area contributed by atoms with Crippen LogP contribution in [0.2, 0.25) is 0 Å². The zero-order chi connectivity index (χ0) is 17.4.